The van der Waals surface area contributed by atoms with Gasteiger partial charge in [0, 0.05) is 0 Å². The zero-order valence-corrected chi connectivity index (χ0v) is 34.8. The normalized spacial score (nSPS) is 14.3. The van der Waals surface area contributed by atoms with Gasteiger partial charge in [0.05, 0.1) is 0 Å². The van der Waals surface area contributed by atoms with E-state index in [1.54, 1.807) is 0 Å². The third-order valence-electron chi connectivity index (χ3n) is 9.79. The van der Waals surface area contributed by atoms with Crippen molar-refractivity contribution in [2.75, 3.05) is 0 Å². The topological polar surface area (TPSA) is 0 Å². The first kappa shape index (κ1) is 35.5. The predicted molar refractivity (Wildman–Crippen MR) is 203 cm³/mol. The van der Waals surface area contributed by atoms with Crippen LogP contribution >= 0.6 is 56.7 Å². The standard InChI is InChI=1S/C21H25.2C6H4Br.C5H5.CH2.2ClH.Hf/c1-20(2,3)16-9-7-14-11-15-8-10-17(21(4,5)6)13-19(15)18(14)12-16;2*7-6-4-2-1-3-5-6;1-2-4-5-3-1;;;;/h7,9-10,12-13H,11H2,1-6H3;2*2-5H;1-3H,4H2;1H2;2*1H;. The molecule has 0 radical (unpaired) electrons. The maximum atomic E-state index is 5.65. The van der Waals surface area contributed by atoms with Gasteiger partial charge in [-0.2, -0.15) is 0 Å². The Morgan fingerprint density at radius 1 is 0.659 bits per heavy atom. The van der Waals surface area contributed by atoms with Gasteiger partial charge in [-0.15, -0.1) is 24.8 Å². The first-order valence-electron chi connectivity index (χ1n) is 14.9. The van der Waals surface area contributed by atoms with E-state index in [0.717, 1.165) is 21.8 Å². The fraction of sp³-hybridized carbons (Fsp3) is 0.256. The third kappa shape index (κ3) is 5.62. The van der Waals surface area contributed by atoms with Crippen LogP contribution in [-0.2, 0) is 35.3 Å². The fourth-order valence-electron chi connectivity index (χ4n) is 7.18. The molecule has 0 N–H and O–H groups in total. The van der Waals surface area contributed by atoms with E-state index in [2.05, 4.69) is 170 Å². The van der Waals surface area contributed by atoms with Crippen molar-refractivity contribution in [1.82, 2.24) is 0 Å². The Bertz CT molecular complexity index is 1800. The summed E-state index contributed by atoms with van der Waals surface area (Å²) < 4.78 is 13.7. The number of rotatable bonds is 4. The summed E-state index contributed by atoms with van der Waals surface area (Å²) in [5.41, 5.74) is 8.58. The summed E-state index contributed by atoms with van der Waals surface area (Å²) >= 11 is 2.54. The summed E-state index contributed by atoms with van der Waals surface area (Å²) in [7, 11) is 0. The van der Waals surface area contributed by atoms with E-state index >= 15 is 0 Å². The number of hydrogen-bond acceptors (Lipinski definition) is 0. The second-order valence-corrected chi connectivity index (χ2v) is 35.1. The van der Waals surface area contributed by atoms with Crippen LogP contribution in [0.4, 0.5) is 0 Å². The van der Waals surface area contributed by atoms with Crippen LogP contribution in [0, 0.1) is 0 Å². The van der Waals surface area contributed by atoms with E-state index < -0.39 is 18.0 Å². The average Bonchev–Trinajstić information content (AvgIpc) is 3.61. The predicted octanol–water partition coefficient (Wildman–Crippen LogP) is 10.5. The van der Waals surface area contributed by atoms with E-state index in [1.165, 1.54) is 46.7 Å². The Hall–Kier alpha value is -1.36. The molecule has 0 atom stereocenters. The van der Waals surface area contributed by atoms with Gasteiger partial charge in [0.2, 0.25) is 0 Å². The van der Waals surface area contributed by atoms with Gasteiger partial charge in [-0.05, 0) is 0 Å². The van der Waals surface area contributed by atoms with Gasteiger partial charge in [-0.25, -0.2) is 0 Å². The Balaban J connectivity index is 0.00000221. The molecule has 44 heavy (non-hydrogen) atoms. The zero-order chi connectivity index (χ0) is 30.1. The molecule has 2 aliphatic rings. The van der Waals surface area contributed by atoms with Crippen LogP contribution in [0.2, 0.25) is 0 Å². The summed E-state index contributed by atoms with van der Waals surface area (Å²) in [4.78, 5) is 0. The van der Waals surface area contributed by atoms with Gasteiger partial charge in [0.1, 0.15) is 0 Å². The second kappa shape index (κ2) is 12.3. The molecular weight excluding hydrogens is 878 g/mol. The number of allylic oxidation sites excluding steroid dienone is 4. The van der Waals surface area contributed by atoms with Crippen molar-refractivity contribution < 1.29 is 18.0 Å². The van der Waals surface area contributed by atoms with E-state index in [1.807, 2.05) is 0 Å². The Morgan fingerprint density at radius 2 is 1.18 bits per heavy atom. The van der Waals surface area contributed by atoms with Crippen molar-refractivity contribution in [2.24, 2.45) is 0 Å². The molecule has 230 valence electrons. The molecule has 0 bridgehead atoms. The van der Waals surface area contributed by atoms with E-state index in [-0.39, 0.29) is 35.6 Å². The van der Waals surface area contributed by atoms with E-state index in [4.69, 9.17) is 4.26 Å². The van der Waals surface area contributed by atoms with Gasteiger partial charge in [-0.3, -0.25) is 0 Å². The molecule has 0 aromatic heterocycles. The van der Waals surface area contributed by atoms with Crippen LogP contribution in [-0.4, -0.2) is 4.26 Å². The van der Waals surface area contributed by atoms with Crippen molar-refractivity contribution in [3.8, 4) is 11.1 Å². The number of fused-ring (bicyclic) bond motifs is 3. The summed E-state index contributed by atoms with van der Waals surface area (Å²) in [5, 5.41) is 0. The number of hydrogen-bond donors (Lipinski definition) is 0. The van der Waals surface area contributed by atoms with Crippen molar-refractivity contribution in [1.29, 1.82) is 0 Å². The van der Waals surface area contributed by atoms with Gasteiger partial charge >= 0.3 is 272 Å². The van der Waals surface area contributed by atoms with Crippen molar-refractivity contribution in [3.05, 3.63) is 132 Å². The third-order valence-corrected chi connectivity index (χ3v) is 34.7. The van der Waals surface area contributed by atoms with Crippen LogP contribution in [0.25, 0.3) is 11.1 Å². The molecule has 6 rings (SSSR count). The Labute approximate surface area is 294 Å². The molecule has 0 aliphatic heterocycles. The molecule has 0 spiro atoms. The maximum absolute atomic E-state index is 5.65. The minimum absolute atomic E-state index is 0. The molecule has 2 aliphatic carbocycles. The van der Waals surface area contributed by atoms with E-state index in [0.29, 0.717) is 0 Å². The van der Waals surface area contributed by atoms with Crippen molar-refractivity contribution in [3.63, 3.8) is 0 Å². The Morgan fingerprint density at radius 3 is 1.66 bits per heavy atom. The molecular formula is C39H42Br2Cl2Hf. The van der Waals surface area contributed by atoms with Crippen LogP contribution in [0.5, 0.6) is 0 Å². The zero-order valence-electron chi connectivity index (χ0n) is 26.4. The minimum atomic E-state index is -4.93. The fourth-order valence-corrected chi connectivity index (χ4v) is 30.1. The van der Waals surface area contributed by atoms with Gasteiger partial charge in [-0.1, -0.05) is 0 Å². The molecule has 0 saturated carbocycles. The molecule has 0 unspecified atom stereocenters. The second-order valence-electron chi connectivity index (χ2n) is 14.4. The van der Waals surface area contributed by atoms with Crippen LogP contribution < -0.4 is 9.96 Å². The first-order valence-corrected chi connectivity index (χ1v) is 26.3. The molecule has 0 heterocycles. The summed E-state index contributed by atoms with van der Waals surface area (Å²) in [6.45, 7) is 14.0. The summed E-state index contributed by atoms with van der Waals surface area (Å²) in [5.74, 6) is 0. The first-order chi connectivity index (χ1) is 19.7. The van der Waals surface area contributed by atoms with Crippen molar-refractivity contribution >= 4 is 70.9 Å². The molecule has 0 amide bonds. The van der Waals surface area contributed by atoms with E-state index in [9.17, 15) is 0 Å². The molecule has 4 aromatic carbocycles. The summed E-state index contributed by atoms with van der Waals surface area (Å²) in [6.07, 6.45) is 8.88. The summed E-state index contributed by atoms with van der Waals surface area (Å²) in [6, 6.07) is 30.6. The van der Waals surface area contributed by atoms with Crippen LogP contribution in [0.1, 0.15) is 70.2 Å². The molecule has 0 saturated heterocycles. The van der Waals surface area contributed by atoms with Crippen molar-refractivity contribution in [2.45, 2.75) is 65.2 Å². The molecule has 5 heteroatoms. The molecule has 0 nitrogen and oxygen atoms in total. The SMILES string of the molecule is Cl.Cl.[CH2]=[Hf]([C]1=CC=CC1)([c]1ccc(Br)cc1)([c]1ccc(Br)cc1)[c]1cc(C(C)(C)C)cc2c1Cc1ccc(C(C)(C)C)cc1-2. The number of benzene rings is 4. The number of halogens is 4. The van der Waals surface area contributed by atoms with Crippen LogP contribution in [0.15, 0.2) is 109 Å². The van der Waals surface area contributed by atoms with Gasteiger partial charge < -0.3 is 0 Å². The molecule has 0 fully saturated rings. The Kier molecular flexibility index (Phi) is 9.96. The van der Waals surface area contributed by atoms with Gasteiger partial charge in [0.25, 0.3) is 0 Å². The quantitative estimate of drug-likeness (QED) is 0.158. The molecule has 4 aromatic rings. The van der Waals surface area contributed by atoms with Gasteiger partial charge in [0.15, 0.2) is 0 Å². The van der Waals surface area contributed by atoms with Crippen LogP contribution in [0.3, 0.4) is 0 Å². The monoisotopic (exact) mass is 918 g/mol. The average molecular weight is 920 g/mol.